The summed E-state index contributed by atoms with van der Waals surface area (Å²) in [4.78, 5) is 0. The van der Waals surface area contributed by atoms with Crippen LogP contribution in [-0.4, -0.2) is 18.6 Å². The van der Waals surface area contributed by atoms with Gasteiger partial charge in [-0.15, -0.1) is 0 Å². The fourth-order valence-corrected chi connectivity index (χ4v) is 1.50. The van der Waals surface area contributed by atoms with Crippen LogP contribution in [0.5, 0.6) is 0 Å². The highest BCUT2D eigenvalue weighted by atomic mass is 15.0. The first-order valence-corrected chi connectivity index (χ1v) is 6.09. The summed E-state index contributed by atoms with van der Waals surface area (Å²) in [5.74, 6) is 0. The van der Waals surface area contributed by atoms with Gasteiger partial charge in [0.05, 0.1) is 0 Å². The van der Waals surface area contributed by atoms with Crippen molar-refractivity contribution in [1.29, 1.82) is 0 Å². The molecule has 0 aliphatic rings. The van der Waals surface area contributed by atoms with Crippen LogP contribution >= 0.6 is 0 Å². The van der Waals surface area contributed by atoms with Crippen LogP contribution in [0.4, 0.5) is 5.69 Å². The van der Waals surface area contributed by atoms with E-state index < -0.39 is 0 Å². The predicted octanol–water partition coefficient (Wildman–Crippen LogP) is 3.05. The molecule has 0 aliphatic carbocycles. The molecule has 0 aliphatic heterocycles. The van der Waals surface area contributed by atoms with Gasteiger partial charge in [0.2, 0.25) is 0 Å². The van der Waals surface area contributed by atoms with Crippen LogP contribution in [0.15, 0.2) is 24.3 Å². The van der Waals surface area contributed by atoms with E-state index >= 15 is 0 Å². The van der Waals surface area contributed by atoms with Crippen molar-refractivity contribution >= 4 is 5.69 Å². The fourth-order valence-electron chi connectivity index (χ4n) is 1.50. The molecule has 0 spiro atoms. The zero-order valence-electron chi connectivity index (χ0n) is 10.9. The third kappa shape index (κ3) is 5.17. The number of nitrogens with one attached hydrogen (secondary N) is 2. The summed E-state index contributed by atoms with van der Waals surface area (Å²) < 4.78 is 0. The third-order valence-electron chi connectivity index (χ3n) is 2.47. The molecule has 0 saturated carbocycles. The molecule has 0 fully saturated rings. The average molecular weight is 220 g/mol. The summed E-state index contributed by atoms with van der Waals surface area (Å²) in [5.41, 5.74) is 2.79. The molecule has 0 atom stereocenters. The van der Waals surface area contributed by atoms with Crippen molar-refractivity contribution in [3.05, 3.63) is 29.8 Å². The second-order valence-electron chi connectivity index (χ2n) is 5.15. The second kappa shape index (κ2) is 5.90. The largest absolute Gasteiger partial charge is 0.384 e. The Kier molecular flexibility index (Phi) is 4.81. The molecule has 2 N–H and O–H groups in total. The first-order valence-electron chi connectivity index (χ1n) is 6.09. The molecule has 0 bridgehead atoms. The second-order valence-corrected chi connectivity index (χ2v) is 5.15. The van der Waals surface area contributed by atoms with Crippen molar-refractivity contribution in [2.45, 2.75) is 39.7 Å². The summed E-state index contributed by atoms with van der Waals surface area (Å²) in [7, 11) is 0. The lowest BCUT2D eigenvalue weighted by Crippen LogP contribution is -2.38. The number of hydrogen-bond donors (Lipinski definition) is 2. The number of anilines is 1. The van der Waals surface area contributed by atoms with Crippen LogP contribution in [0.1, 0.15) is 33.3 Å². The Balaban J connectivity index is 2.27. The molecule has 0 saturated heterocycles. The van der Waals surface area contributed by atoms with Gasteiger partial charge in [0.15, 0.2) is 0 Å². The quantitative estimate of drug-likeness (QED) is 0.745. The Morgan fingerprint density at radius 2 is 1.62 bits per heavy atom. The highest BCUT2D eigenvalue weighted by Gasteiger charge is 2.06. The number of aryl methyl sites for hydroxylation is 1. The van der Waals surface area contributed by atoms with E-state index in [9.17, 15) is 0 Å². The third-order valence-corrected chi connectivity index (χ3v) is 2.47. The first-order chi connectivity index (χ1) is 7.51. The van der Waals surface area contributed by atoms with E-state index in [4.69, 9.17) is 0 Å². The van der Waals surface area contributed by atoms with Crippen molar-refractivity contribution in [3.8, 4) is 0 Å². The van der Waals surface area contributed by atoms with Crippen molar-refractivity contribution in [1.82, 2.24) is 5.32 Å². The van der Waals surface area contributed by atoms with Gasteiger partial charge in [0, 0.05) is 24.3 Å². The van der Waals surface area contributed by atoms with Crippen LogP contribution in [0, 0.1) is 0 Å². The van der Waals surface area contributed by atoms with Crippen LogP contribution < -0.4 is 10.6 Å². The minimum absolute atomic E-state index is 0.202. The van der Waals surface area contributed by atoms with Gasteiger partial charge < -0.3 is 10.6 Å². The summed E-state index contributed by atoms with van der Waals surface area (Å²) >= 11 is 0. The van der Waals surface area contributed by atoms with E-state index in [2.05, 4.69) is 62.6 Å². The SMILES string of the molecule is CCc1ccc(NCCNC(C)(C)C)cc1. The maximum Gasteiger partial charge on any atom is 0.0340 e. The lowest BCUT2D eigenvalue weighted by molar-refractivity contribution is 0.435. The monoisotopic (exact) mass is 220 g/mol. The van der Waals surface area contributed by atoms with E-state index in [-0.39, 0.29) is 5.54 Å². The Labute approximate surface area is 99.5 Å². The Bertz CT molecular complexity index is 296. The molecule has 1 aromatic rings. The van der Waals surface area contributed by atoms with E-state index in [0.29, 0.717) is 0 Å². The fraction of sp³-hybridized carbons (Fsp3) is 0.571. The maximum absolute atomic E-state index is 3.45. The normalized spacial score (nSPS) is 11.5. The zero-order valence-corrected chi connectivity index (χ0v) is 10.9. The molecule has 90 valence electrons. The molecule has 0 amide bonds. The van der Waals surface area contributed by atoms with Gasteiger partial charge in [-0.2, -0.15) is 0 Å². The van der Waals surface area contributed by atoms with Crippen molar-refractivity contribution in [2.75, 3.05) is 18.4 Å². The summed E-state index contributed by atoms with van der Waals surface area (Å²) in [6.45, 7) is 10.7. The van der Waals surface area contributed by atoms with Gasteiger partial charge in [0.25, 0.3) is 0 Å². The van der Waals surface area contributed by atoms with Gasteiger partial charge in [-0.1, -0.05) is 19.1 Å². The molecule has 0 unspecified atom stereocenters. The van der Waals surface area contributed by atoms with Gasteiger partial charge in [0.1, 0.15) is 0 Å². The Morgan fingerprint density at radius 3 is 2.12 bits per heavy atom. The maximum atomic E-state index is 3.45. The summed E-state index contributed by atoms with van der Waals surface area (Å²) in [6, 6.07) is 8.66. The summed E-state index contributed by atoms with van der Waals surface area (Å²) in [6.07, 6.45) is 1.10. The van der Waals surface area contributed by atoms with Gasteiger partial charge in [-0.25, -0.2) is 0 Å². The summed E-state index contributed by atoms with van der Waals surface area (Å²) in [5, 5.41) is 6.86. The number of rotatable bonds is 5. The van der Waals surface area contributed by atoms with Crippen LogP contribution in [-0.2, 0) is 6.42 Å². The van der Waals surface area contributed by atoms with Crippen LogP contribution in [0.2, 0.25) is 0 Å². The number of benzene rings is 1. The van der Waals surface area contributed by atoms with Crippen LogP contribution in [0.3, 0.4) is 0 Å². The zero-order chi connectivity index (χ0) is 12.0. The van der Waals surface area contributed by atoms with Gasteiger partial charge in [-0.3, -0.25) is 0 Å². The lowest BCUT2D eigenvalue weighted by Gasteiger charge is -2.20. The minimum Gasteiger partial charge on any atom is -0.384 e. The molecule has 2 nitrogen and oxygen atoms in total. The Morgan fingerprint density at radius 1 is 1.00 bits per heavy atom. The van der Waals surface area contributed by atoms with Crippen molar-refractivity contribution in [3.63, 3.8) is 0 Å². The van der Waals surface area contributed by atoms with E-state index in [1.165, 1.54) is 11.3 Å². The topological polar surface area (TPSA) is 24.1 Å². The molecule has 16 heavy (non-hydrogen) atoms. The molecule has 1 aromatic carbocycles. The molecular formula is C14H24N2. The van der Waals surface area contributed by atoms with E-state index in [1.54, 1.807) is 0 Å². The average Bonchev–Trinajstić information content (AvgIpc) is 2.24. The lowest BCUT2D eigenvalue weighted by atomic mass is 10.1. The first kappa shape index (κ1) is 13.0. The van der Waals surface area contributed by atoms with Gasteiger partial charge in [-0.05, 0) is 44.9 Å². The molecule has 0 aromatic heterocycles. The van der Waals surface area contributed by atoms with E-state index in [0.717, 1.165) is 19.5 Å². The minimum atomic E-state index is 0.202. The molecule has 2 heteroatoms. The highest BCUT2D eigenvalue weighted by molar-refractivity contribution is 5.44. The Hall–Kier alpha value is -1.02. The smallest absolute Gasteiger partial charge is 0.0340 e. The molecule has 0 radical (unpaired) electrons. The molecular weight excluding hydrogens is 196 g/mol. The number of hydrogen-bond acceptors (Lipinski definition) is 2. The standard InChI is InChI=1S/C14H24N2/c1-5-12-6-8-13(9-7-12)15-10-11-16-14(2,3)4/h6-9,15-16H,5,10-11H2,1-4H3. The highest BCUT2D eigenvalue weighted by Crippen LogP contribution is 2.09. The van der Waals surface area contributed by atoms with Crippen molar-refractivity contribution < 1.29 is 0 Å². The van der Waals surface area contributed by atoms with Crippen LogP contribution in [0.25, 0.3) is 0 Å². The van der Waals surface area contributed by atoms with Gasteiger partial charge >= 0.3 is 0 Å². The van der Waals surface area contributed by atoms with Crippen molar-refractivity contribution in [2.24, 2.45) is 0 Å². The molecule has 1 rings (SSSR count). The molecule has 0 heterocycles. The van der Waals surface area contributed by atoms with E-state index in [1.807, 2.05) is 0 Å². The predicted molar refractivity (Wildman–Crippen MR) is 72.1 cm³/mol.